The van der Waals surface area contributed by atoms with Gasteiger partial charge in [-0.1, -0.05) is 19.3 Å². The average Bonchev–Trinajstić information content (AvgIpc) is 2.28. The quantitative estimate of drug-likeness (QED) is 0.539. The van der Waals surface area contributed by atoms with Crippen molar-refractivity contribution in [1.29, 1.82) is 0 Å². The van der Waals surface area contributed by atoms with Crippen molar-refractivity contribution < 1.29 is 0 Å². The van der Waals surface area contributed by atoms with Crippen LogP contribution in [0.2, 0.25) is 0 Å². The predicted molar refractivity (Wildman–Crippen MR) is 42.9 cm³/mol. The van der Waals surface area contributed by atoms with Crippen molar-refractivity contribution in [2.24, 2.45) is 11.8 Å². The van der Waals surface area contributed by atoms with Gasteiger partial charge in [0.2, 0.25) is 0 Å². The van der Waals surface area contributed by atoms with E-state index >= 15 is 0 Å². The van der Waals surface area contributed by atoms with Crippen molar-refractivity contribution in [2.45, 2.75) is 32.1 Å². The minimum Gasteiger partial charge on any atom is -0.316 e. The molecule has 1 unspecified atom stereocenters. The van der Waals surface area contributed by atoms with Crippen molar-refractivity contribution in [2.75, 3.05) is 13.1 Å². The molecule has 0 aromatic carbocycles. The monoisotopic (exact) mass is 139 g/mol. The molecular weight excluding hydrogens is 122 g/mol. The molecule has 1 aliphatic carbocycles. The Balaban J connectivity index is 1.95. The number of nitrogens with one attached hydrogen (secondary N) is 1. The molecule has 1 heterocycles. The fourth-order valence-corrected chi connectivity index (χ4v) is 2.45. The predicted octanol–water partition coefficient (Wildman–Crippen LogP) is 1.79. The maximum atomic E-state index is 3.49. The summed E-state index contributed by atoms with van der Waals surface area (Å²) in [6.45, 7) is 2.62. The van der Waals surface area contributed by atoms with Crippen molar-refractivity contribution in [3.8, 4) is 0 Å². The molecule has 1 N–H and O–H groups in total. The molecular formula is C9H17N. The van der Waals surface area contributed by atoms with Crippen LogP contribution >= 0.6 is 0 Å². The number of rotatable bonds is 0. The topological polar surface area (TPSA) is 12.0 Å². The summed E-state index contributed by atoms with van der Waals surface area (Å²) >= 11 is 0. The summed E-state index contributed by atoms with van der Waals surface area (Å²) < 4.78 is 0. The van der Waals surface area contributed by atoms with E-state index in [2.05, 4.69) is 5.32 Å². The van der Waals surface area contributed by atoms with Crippen molar-refractivity contribution in [3.63, 3.8) is 0 Å². The first-order valence-corrected chi connectivity index (χ1v) is 4.67. The van der Waals surface area contributed by atoms with E-state index in [-0.39, 0.29) is 0 Å². The molecule has 1 saturated carbocycles. The van der Waals surface area contributed by atoms with E-state index in [1.54, 1.807) is 0 Å². The lowest BCUT2D eigenvalue weighted by Gasteiger charge is -2.12. The molecule has 1 heteroatoms. The first-order chi connectivity index (χ1) is 4.97. The summed E-state index contributed by atoms with van der Waals surface area (Å²) in [4.78, 5) is 0. The minimum absolute atomic E-state index is 1.04. The Hall–Kier alpha value is -0.0400. The molecule has 1 saturated heterocycles. The third-order valence-corrected chi connectivity index (χ3v) is 3.13. The summed E-state index contributed by atoms with van der Waals surface area (Å²) in [5.74, 6) is 2.09. The van der Waals surface area contributed by atoms with E-state index in [1.807, 2.05) is 0 Å². The molecule has 0 radical (unpaired) electrons. The van der Waals surface area contributed by atoms with E-state index in [0.29, 0.717) is 0 Å². The van der Waals surface area contributed by atoms with Gasteiger partial charge in [-0.2, -0.15) is 0 Å². The van der Waals surface area contributed by atoms with E-state index in [1.165, 1.54) is 45.2 Å². The van der Waals surface area contributed by atoms with Crippen LogP contribution in [0.4, 0.5) is 0 Å². The number of hydrogen-bond donors (Lipinski definition) is 1. The normalized spacial score (nSPS) is 40.8. The van der Waals surface area contributed by atoms with Gasteiger partial charge in [-0.15, -0.1) is 0 Å². The molecule has 2 fully saturated rings. The van der Waals surface area contributed by atoms with E-state index in [0.717, 1.165) is 11.8 Å². The maximum Gasteiger partial charge on any atom is -0.00173 e. The smallest absolute Gasteiger partial charge is 0.00173 e. The summed E-state index contributed by atoms with van der Waals surface area (Å²) in [6, 6.07) is 0. The second kappa shape index (κ2) is 2.91. The molecule has 10 heavy (non-hydrogen) atoms. The third kappa shape index (κ3) is 1.20. The SMILES string of the molecule is C1CCC2CNC[C@@H]2CC1. The Morgan fingerprint density at radius 3 is 2.00 bits per heavy atom. The van der Waals surface area contributed by atoms with Crippen LogP contribution in [0.25, 0.3) is 0 Å². The molecule has 0 amide bonds. The highest BCUT2D eigenvalue weighted by molar-refractivity contribution is 4.82. The van der Waals surface area contributed by atoms with E-state index in [9.17, 15) is 0 Å². The maximum absolute atomic E-state index is 3.49. The largest absolute Gasteiger partial charge is 0.316 e. The lowest BCUT2D eigenvalue weighted by atomic mass is 9.92. The first kappa shape index (κ1) is 6.66. The number of hydrogen-bond acceptors (Lipinski definition) is 1. The Bertz CT molecular complexity index is 99.3. The van der Waals surface area contributed by atoms with Crippen LogP contribution in [-0.4, -0.2) is 13.1 Å². The second-order valence-corrected chi connectivity index (χ2v) is 3.82. The highest BCUT2D eigenvalue weighted by atomic mass is 14.9. The lowest BCUT2D eigenvalue weighted by molar-refractivity contribution is 0.397. The highest BCUT2D eigenvalue weighted by Crippen LogP contribution is 2.30. The average molecular weight is 139 g/mol. The zero-order valence-electron chi connectivity index (χ0n) is 6.60. The molecule has 2 aliphatic rings. The molecule has 0 bridgehead atoms. The van der Waals surface area contributed by atoms with Crippen LogP contribution in [-0.2, 0) is 0 Å². The molecule has 2 atom stereocenters. The second-order valence-electron chi connectivity index (χ2n) is 3.82. The summed E-state index contributed by atoms with van der Waals surface area (Å²) in [7, 11) is 0. The Morgan fingerprint density at radius 1 is 0.800 bits per heavy atom. The van der Waals surface area contributed by atoms with Crippen molar-refractivity contribution >= 4 is 0 Å². The zero-order chi connectivity index (χ0) is 6.81. The Morgan fingerprint density at radius 2 is 1.40 bits per heavy atom. The van der Waals surface area contributed by atoms with Gasteiger partial charge < -0.3 is 5.32 Å². The van der Waals surface area contributed by atoms with Gasteiger partial charge in [-0.25, -0.2) is 0 Å². The lowest BCUT2D eigenvalue weighted by Crippen LogP contribution is -2.09. The molecule has 2 rings (SSSR count). The van der Waals surface area contributed by atoms with E-state index in [4.69, 9.17) is 0 Å². The van der Waals surface area contributed by atoms with Gasteiger partial charge in [0.15, 0.2) is 0 Å². The Kier molecular flexibility index (Phi) is 1.94. The van der Waals surface area contributed by atoms with Crippen molar-refractivity contribution in [3.05, 3.63) is 0 Å². The molecule has 0 aromatic heterocycles. The third-order valence-electron chi connectivity index (χ3n) is 3.13. The molecule has 0 spiro atoms. The fraction of sp³-hybridized carbons (Fsp3) is 1.00. The van der Waals surface area contributed by atoms with Crippen LogP contribution in [0.5, 0.6) is 0 Å². The zero-order valence-corrected chi connectivity index (χ0v) is 6.60. The van der Waals surface area contributed by atoms with Gasteiger partial charge in [-0.05, 0) is 37.8 Å². The van der Waals surface area contributed by atoms with Crippen LogP contribution in [0, 0.1) is 11.8 Å². The molecule has 0 aromatic rings. The Labute approximate surface area is 63.2 Å². The van der Waals surface area contributed by atoms with Crippen LogP contribution < -0.4 is 5.32 Å². The molecule has 1 nitrogen and oxygen atoms in total. The minimum atomic E-state index is 1.04. The van der Waals surface area contributed by atoms with Gasteiger partial charge >= 0.3 is 0 Å². The van der Waals surface area contributed by atoms with Crippen LogP contribution in [0.3, 0.4) is 0 Å². The van der Waals surface area contributed by atoms with Crippen LogP contribution in [0.15, 0.2) is 0 Å². The first-order valence-electron chi connectivity index (χ1n) is 4.67. The molecule has 58 valence electrons. The highest BCUT2D eigenvalue weighted by Gasteiger charge is 2.27. The van der Waals surface area contributed by atoms with Gasteiger partial charge in [0.25, 0.3) is 0 Å². The standard InChI is InChI=1S/C9H17N/c1-2-4-8-6-10-7-9(8)5-3-1/h8-10H,1-7H2/t8-,9?/m0/s1. The summed E-state index contributed by atoms with van der Waals surface area (Å²) in [5.41, 5.74) is 0. The van der Waals surface area contributed by atoms with Crippen molar-refractivity contribution in [1.82, 2.24) is 5.32 Å². The van der Waals surface area contributed by atoms with Crippen LogP contribution in [0.1, 0.15) is 32.1 Å². The van der Waals surface area contributed by atoms with Gasteiger partial charge in [-0.3, -0.25) is 0 Å². The molecule has 1 aliphatic heterocycles. The fourth-order valence-electron chi connectivity index (χ4n) is 2.45. The summed E-state index contributed by atoms with van der Waals surface area (Å²) in [6.07, 6.45) is 7.47. The summed E-state index contributed by atoms with van der Waals surface area (Å²) in [5, 5.41) is 3.49. The van der Waals surface area contributed by atoms with Gasteiger partial charge in [0.1, 0.15) is 0 Å². The number of fused-ring (bicyclic) bond motifs is 1. The van der Waals surface area contributed by atoms with Gasteiger partial charge in [0.05, 0.1) is 0 Å². The van der Waals surface area contributed by atoms with Gasteiger partial charge in [0, 0.05) is 0 Å². The van der Waals surface area contributed by atoms with E-state index < -0.39 is 0 Å².